The number of carbonyl (C=O) groups excluding carboxylic acids is 1. The Morgan fingerprint density at radius 1 is 1.14 bits per heavy atom. The smallest absolute Gasteiger partial charge is 0.151 e. The van der Waals surface area contributed by atoms with Crippen molar-refractivity contribution in [3.05, 3.63) is 30.3 Å². The van der Waals surface area contributed by atoms with Gasteiger partial charge in [-0.2, -0.15) is 0 Å². The van der Waals surface area contributed by atoms with E-state index in [0.29, 0.717) is 0 Å². The number of hydrogen-bond donors (Lipinski definition) is 0. The van der Waals surface area contributed by atoms with Crippen molar-refractivity contribution < 1.29 is 9.00 Å². The Morgan fingerprint density at radius 3 is 2.45 bits per heavy atom. The van der Waals surface area contributed by atoms with Crippen LogP contribution in [0.4, 0.5) is 0 Å². The average molecular weight is 320 g/mol. The lowest BCUT2D eigenvalue weighted by Crippen LogP contribution is -2.33. The van der Waals surface area contributed by atoms with Crippen molar-refractivity contribution in [2.24, 2.45) is 5.92 Å². The summed E-state index contributed by atoms with van der Waals surface area (Å²) in [6, 6.07) is 9.51. The van der Waals surface area contributed by atoms with Crippen molar-refractivity contribution in [2.45, 2.75) is 74.9 Å². The zero-order valence-corrected chi connectivity index (χ0v) is 14.4. The van der Waals surface area contributed by atoms with Gasteiger partial charge in [-0.1, -0.05) is 63.6 Å². The molecule has 122 valence electrons. The van der Waals surface area contributed by atoms with E-state index in [1.54, 1.807) is 0 Å². The highest BCUT2D eigenvalue weighted by Crippen LogP contribution is 2.29. The van der Waals surface area contributed by atoms with E-state index in [2.05, 4.69) is 6.92 Å². The molecule has 1 aromatic rings. The van der Waals surface area contributed by atoms with Crippen LogP contribution in [-0.4, -0.2) is 15.2 Å². The molecule has 2 rings (SSSR count). The zero-order valence-electron chi connectivity index (χ0n) is 13.6. The molecular weight excluding hydrogens is 292 g/mol. The van der Waals surface area contributed by atoms with E-state index in [4.69, 9.17) is 0 Å². The first-order valence-electron chi connectivity index (χ1n) is 8.73. The fraction of sp³-hybridized carbons (Fsp3) is 0.632. The Morgan fingerprint density at radius 2 is 1.82 bits per heavy atom. The van der Waals surface area contributed by atoms with Crippen LogP contribution in [0.5, 0.6) is 0 Å². The van der Waals surface area contributed by atoms with E-state index >= 15 is 0 Å². The second-order valence-corrected chi connectivity index (χ2v) is 7.97. The van der Waals surface area contributed by atoms with Crippen LogP contribution >= 0.6 is 0 Å². The van der Waals surface area contributed by atoms with Gasteiger partial charge in [-0.25, -0.2) is 0 Å². The van der Waals surface area contributed by atoms with Crippen molar-refractivity contribution in [1.82, 2.24) is 0 Å². The average Bonchev–Trinajstić information content (AvgIpc) is 2.59. The molecule has 0 spiro atoms. The van der Waals surface area contributed by atoms with Crippen molar-refractivity contribution >= 4 is 16.6 Å². The van der Waals surface area contributed by atoms with Gasteiger partial charge in [0.15, 0.2) is 5.78 Å². The van der Waals surface area contributed by atoms with Crippen LogP contribution in [0.25, 0.3) is 0 Å². The van der Waals surface area contributed by atoms with Gasteiger partial charge in [0.1, 0.15) is 0 Å². The molecule has 0 aliphatic heterocycles. The van der Waals surface area contributed by atoms with Gasteiger partial charge in [-0.3, -0.25) is 9.00 Å². The lowest BCUT2D eigenvalue weighted by atomic mass is 9.84. The van der Waals surface area contributed by atoms with E-state index in [-0.39, 0.29) is 17.0 Å². The number of rotatable bonds is 8. The van der Waals surface area contributed by atoms with Gasteiger partial charge in [0.2, 0.25) is 0 Å². The first-order chi connectivity index (χ1) is 10.7. The molecule has 1 fully saturated rings. The fourth-order valence-corrected chi connectivity index (χ4v) is 4.84. The number of Topliss-reactive ketones (excluding diaryl/α,β-unsaturated/α-hetero) is 1. The van der Waals surface area contributed by atoms with E-state index in [0.717, 1.165) is 56.3 Å². The molecule has 0 aromatic heterocycles. The third-order valence-electron chi connectivity index (χ3n) is 4.63. The van der Waals surface area contributed by atoms with Gasteiger partial charge in [0, 0.05) is 10.8 Å². The van der Waals surface area contributed by atoms with Gasteiger partial charge >= 0.3 is 0 Å². The molecule has 3 heteroatoms. The Balaban J connectivity index is 2.10. The summed E-state index contributed by atoms with van der Waals surface area (Å²) in [5.41, 5.74) is 0. The van der Waals surface area contributed by atoms with Crippen molar-refractivity contribution in [3.8, 4) is 0 Å². The SMILES string of the molecule is CCCCCC(C(=O)C1CCCCC1)S(=O)c1ccccc1. The molecule has 0 saturated heterocycles. The Hall–Kier alpha value is -0.960. The maximum Gasteiger partial charge on any atom is 0.151 e. The topological polar surface area (TPSA) is 34.1 Å². The van der Waals surface area contributed by atoms with Crippen LogP contribution < -0.4 is 0 Å². The minimum atomic E-state index is -1.21. The quantitative estimate of drug-likeness (QED) is 0.639. The number of ketones is 1. The molecule has 1 aliphatic carbocycles. The summed E-state index contributed by atoms with van der Waals surface area (Å²) in [4.78, 5) is 13.7. The van der Waals surface area contributed by atoms with E-state index in [1.165, 1.54) is 6.42 Å². The number of hydrogen-bond acceptors (Lipinski definition) is 2. The lowest BCUT2D eigenvalue weighted by molar-refractivity contribution is -0.123. The molecular formula is C19H28O2S. The maximum atomic E-state index is 12.9. The maximum absolute atomic E-state index is 12.9. The molecule has 1 aliphatic rings. The van der Waals surface area contributed by atoms with Gasteiger partial charge < -0.3 is 0 Å². The molecule has 0 amide bonds. The zero-order chi connectivity index (χ0) is 15.8. The molecule has 22 heavy (non-hydrogen) atoms. The summed E-state index contributed by atoms with van der Waals surface area (Å²) in [7, 11) is -1.21. The number of benzene rings is 1. The van der Waals surface area contributed by atoms with Crippen molar-refractivity contribution in [3.63, 3.8) is 0 Å². The van der Waals surface area contributed by atoms with Crippen LogP contribution in [0, 0.1) is 5.92 Å². The number of carbonyl (C=O) groups is 1. The Bertz CT molecular complexity index is 477. The Kier molecular flexibility index (Phi) is 7.31. The number of unbranched alkanes of at least 4 members (excludes halogenated alkanes) is 2. The normalized spacial score (nSPS) is 18.8. The molecule has 2 unspecified atom stereocenters. The fourth-order valence-electron chi connectivity index (χ4n) is 3.30. The molecule has 0 radical (unpaired) electrons. The molecule has 2 nitrogen and oxygen atoms in total. The molecule has 0 bridgehead atoms. The van der Waals surface area contributed by atoms with Gasteiger partial charge in [0.25, 0.3) is 0 Å². The van der Waals surface area contributed by atoms with Crippen LogP contribution in [0.3, 0.4) is 0 Å². The highest BCUT2D eigenvalue weighted by Gasteiger charge is 2.32. The summed E-state index contributed by atoms with van der Waals surface area (Å²) >= 11 is 0. The monoisotopic (exact) mass is 320 g/mol. The van der Waals surface area contributed by atoms with Gasteiger partial charge in [0.05, 0.1) is 16.0 Å². The van der Waals surface area contributed by atoms with Crippen LogP contribution in [0.2, 0.25) is 0 Å². The first kappa shape index (κ1) is 17.4. The summed E-state index contributed by atoms with van der Waals surface area (Å²) in [6.45, 7) is 2.16. The van der Waals surface area contributed by atoms with E-state index in [9.17, 15) is 9.00 Å². The summed E-state index contributed by atoms with van der Waals surface area (Å²) < 4.78 is 12.9. The van der Waals surface area contributed by atoms with Crippen LogP contribution in [0.1, 0.15) is 64.7 Å². The molecule has 2 atom stereocenters. The van der Waals surface area contributed by atoms with Gasteiger partial charge in [-0.15, -0.1) is 0 Å². The predicted molar refractivity (Wildman–Crippen MR) is 92.4 cm³/mol. The largest absolute Gasteiger partial charge is 0.298 e. The molecule has 0 N–H and O–H groups in total. The molecule has 1 saturated carbocycles. The van der Waals surface area contributed by atoms with E-state index < -0.39 is 10.8 Å². The summed E-state index contributed by atoms with van der Waals surface area (Å²) in [5.74, 6) is 0.408. The minimum Gasteiger partial charge on any atom is -0.298 e. The second-order valence-electron chi connectivity index (χ2n) is 6.33. The van der Waals surface area contributed by atoms with Crippen molar-refractivity contribution in [1.29, 1.82) is 0 Å². The highest BCUT2D eigenvalue weighted by molar-refractivity contribution is 7.86. The minimum absolute atomic E-state index is 0.146. The van der Waals surface area contributed by atoms with Crippen LogP contribution in [0.15, 0.2) is 35.2 Å². The van der Waals surface area contributed by atoms with Gasteiger partial charge in [-0.05, 0) is 31.4 Å². The lowest BCUT2D eigenvalue weighted by Gasteiger charge is -2.25. The predicted octanol–water partition coefficient (Wildman–Crippen LogP) is 4.89. The third-order valence-corrected chi connectivity index (χ3v) is 6.35. The van der Waals surface area contributed by atoms with E-state index in [1.807, 2.05) is 30.3 Å². The third kappa shape index (κ3) is 4.77. The van der Waals surface area contributed by atoms with Crippen LogP contribution in [-0.2, 0) is 15.6 Å². The summed E-state index contributed by atoms with van der Waals surface area (Å²) in [5, 5.41) is -0.308. The standard InChI is InChI=1S/C19H28O2S/c1-2-3-6-15-18(19(20)16-11-7-4-8-12-16)22(21)17-13-9-5-10-14-17/h5,9-10,13-14,16,18H,2-4,6-8,11-12,15H2,1H3. The van der Waals surface area contributed by atoms with Crippen molar-refractivity contribution in [2.75, 3.05) is 0 Å². The Labute approximate surface area is 137 Å². The highest BCUT2D eigenvalue weighted by atomic mass is 32.2. The second kappa shape index (κ2) is 9.24. The molecule has 1 aromatic carbocycles. The molecule has 0 heterocycles. The summed E-state index contributed by atoms with van der Waals surface area (Å²) in [6.07, 6.45) is 9.54. The first-order valence-corrected chi connectivity index (χ1v) is 9.94.